The van der Waals surface area contributed by atoms with Crippen molar-refractivity contribution in [1.29, 1.82) is 0 Å². The van der Waals surface area contributed by atoms with Crippen LogP contribution in [0.2, 0.25) is 0 Å². The van der Waals surface area contributed by atoms with Crippen LogP contribution < -0.4 is 10.2 Å². The molecule has 7 unspecified atom stereocenters. The van der Waals surface area contributed by atoms with Crippen LogP contribution in [0.15, 0.2) is 30.3 Å². The first-order valence-electron chi connectivity index (χ1n) is 12.9. The molecule has 1 N–H and O–H groups in total. The summed E-state index contributed by atoms with van der Waals surface area (Å²) in [6.45, 7) is 12.1. The molecule has 5 rings (SSSR count). The Labute approximate surface area is 185 Å². The van der Waals surface area contributed by atoms with Crippen LogP contribution in [0.4, 0.5) is 5.69 Å². The van der Waals surface area contributed by atoms with E-state index in [1.54, 1.807) is 0 Å². The Morgan fingerprint density at radius 1 is 0.767 bits per heavy atom. The van der Waals surface area contributed by atoms with Gasteiger partial charge in [-0.3, -0.25) is 0 Å². The SMILES string of the molecule is CC(C)(C)NC(C)(C)C1C2CCCCC2C2C1C1CCCCC1N2c1ccccc1. The third-order valence-corrected chi connectivity index (χ3v) is 9.12. The highest BCUT2D eigenvalue weighted by Gasteiger charge is 2.64. The first kappa shape index (κ1) is 20.9. The van der Waals surface area contributed by atoms with Gasteiger partial charge >= 0.3 is 0 Å². The first-order valence-corrected chi connectivity index (χ1v) is 12.9. The summed E-state index contributed by atoms with van der Waals surface area (Å²) in [6.07, 6.45) is 11.5. The van der Waals surface area contributed by atoms with Crippen molar-refractivity contribution in [3.63, 3.8) is 0 Å². The summed E-state index contributed by atoms with van der Waals surface area (Å²) in [4.78, 5) is 2.98. The van der Waals surface area contributed by atoms with Crippen molar-refractivity contribution in [2.24, 2.45) is 29.6 Å². The van der Waals surface area contributed by atoms with Gasteiger partial charge in [0.1, 0.15) is 0 Å². The predicted octanol–water partition coefficient (Wildman–Crippen LogP) is 6.65. The lowest BCUT2D eigenvalue weighted by molar-refractivity contribution is 0.0735. The van der Waals surface area contributed by atoms with Gasteiger partial charge in [0.05, 0.1) is 0 Å². The number of hydrogen-bond acceptors (Lipinski definition) is 2. The molecule has 30 heavy (non-hydrogen) atoms. The summed E-state index contributed by atoms with van der Waals surface area (Å²) >= 11 is 0. The second kappa shape index (κ2) is 7.54. The number of nitrogens with one attached hydrogen (secondary N) is 1. The quantitative estimate of drug-likeness (QED) is 0.602. The van der Waals surface area contributed by atoms with Crippen LogP contribution >= 0.6 is 0 Å². The zero-order valence-corrected chi connectivity index (χ0v) is 20.0. The maximum absolute atomic E-state index is 4.11. The van der Waals surface area contributed by atoms with Gasteiger partial charge in [0.2, 0.25) is 0 Å². The van der Waals surface area contributed by atoms with E-state index in [4.69, 9.17) is 0 Å². The number of nitrogens with zero attached hydrogens (tertiary/aromatic N) is 1. The summed E-state index contributed by atoms with van der Waals surface area (Å²) in [5.41, 5.74) is 1.86. The average Bonchev–Trinajstić information content (AvgIpc) is 3.20. The first-order chi connectivity index (χ1) is 14.3. The highest BCUT2D eigenvalue weighted by molar-refractivity contribution is 5.52. The van der Waals surface area contributed by atoms with Crippen LogP contribution in [0.3, 0.4) is 0 Å². The van der Waals surface area contributed by atoms with E-state index in [2.05, 4.69) is 75.2 Å². The predicted molar refractivity (Wildman–Crippen MR) is 128 cm³/mol. The highest BCUT2D eigenvalue weighted by atomic mass is 15.3. The lowest BCUT2D eigenvalue weighted by Gasteiger charge is -2.47. The molecule has 166 valence electrons. The van der Waals surface area contributed by atoms with Crippen molar-refractivity contribution in [1.82, 2.24) is 5.32 Å². The maximum atomic E-state index is 4.11. The van der Waals surface area contributed by atoms with E-state index >= 15 is 0 Å². The van der Waals surface area contributed by atoms with Crippen LogP contribution in [0.25, 0.3) is 0 Å². The van der Waals surface area contributed by atoms with E-state index in [-0.39, 0.29) is 11.1 Å². The third-order valence-electron chi connectivity index (χ3n) is 9.12. The molecule has 4 aliphatic rings. The Morgan fingerprint density at radius 2 is 1.37 bits per heavy atom. The molecule has 2 nitrogen and oxygen atoms in total. The Hall–Kier alpha value is -1.02. The zero-order valence-electron chi connectivity index (χ0n) is 20.0. The summed E-state index contributed by atoms with van der Waals surface area (Å²) in [5, 5.41) is 4.11. The molecule has 0 bridgehead atoms. The molecule has 7 atom stereocenters. The lowest BCUT2D eigenvalue weighted by atomic mass is 9.65. The van der Waals surface area contributed by atoms with Crippen molar-refractivity contribution < 1.29 is 0 Å². The fourth-order valence-corrected chi connectivity index (χ4v) is 8.94. The van der Waals surface area contributed by atoms with E-state index in [9.17, 15) is 0 Å². The van der Waals surface area contributed by atoms with Gasteiger partial charge in [0.25, 0.3) is 0 Å². The Morgan fingerprint density at radius 3 is 2.03 bits per heavy atom. The average molecular weight is 409 g/mol. The number of benzene rings is 1. The Bertz CT molecular complexity index is 731. The number of para-hydroxylation sites is 1. The minimum atomic E-state index is 0.162. The molecular formula is C28H44N2. The summed E-state index contributed by atoms with van der Waals surface area (Å²) in [7, 11) is 0. The van der Waals surface area contributed by atoms with Crippen LogP contribution in [0, 0.1) is 29.6 Å². The van der Waals surface area contributed by atoms with Crippen molar-refractivity contribution in [3.8, 4) is 0 Å². The molecule has 0 radical (unpaired) electrons. The smallest absolute Gasteiger partial charge is 0.0371 e. The van der Waals surface area contributed by atoms with Crippen LogP contribution in [-0.2, 0) is 0 Å². The second-order valence-electron chi connectivity index (χ2n) is 12.6. The standard InChI is InChI=1S/C28H44N2/c1-27(2,3)29-28(4,5)25-20-15-9-10-16-21(20)26-24(25)22-17-11-12-18-23(22)30(26)19-13-7-6-8-14-19/h6-8,13-14,20-26,29H,9-12,15-18H2,1-5H3. The molecule has 1 aromatic carbocycles. The molecule has 0 spiro atoms. The lowest BCUT2D eigenvalue weighted by Crippen LogP contribution is -2.57. The van der Waals surface area contributed by atoms with Crippen molar-refractivity contribution in [3.05, 3.63) is 30.3 Å². The van der Waals surface area contributed by atoms with E-state index in [1.165, 1.54) is 57.1 Å². The minimum Gasteiger partial charge on any atom is -0.365 e. The molecule has 1 aliphatic heterocycles. The van der Waals surface area contributed by atoms with Gasteiger partial charge in [-0.05, 0) is 102 Å². The fourth-order valence-electron chi connectivity index (χ4n) is 8.94. The number of rotatable bonds is 3. The largest absolute Gasteiger partial charge is 0.365 e. The number of hydrogen-bond donors (Lipinski definition) is 1. The van der Waals surface area contributed by atoms with Gasteiger partial charge in [-0.15, -0.1) is 0 Å². The van der Waals surface area contributed by atoms with Crippen molar-refractivity contribution in [2.75, 3.05) is 4.90 Å². The van der Waals surface area contributed by atoms with Crippen molar-refractivity contribution in [2.45, 2.75) is 109 Å². The minimum absolute atomic E-state index is 0.162. The topological polar surface area (TPSA) is 15.3 Å². The Kier molecular flexibility index (Phi) is 5.24. The monoisotopic (exact) mass is 408 g/mol. The number of fused-ring (bicyclic) bond motifs is 5. The normalized spacial score (nSPS) is 38.8. The third kappa shape index (κ3) is 3.42. The molecule has 0 amide bonds. The van der Waals surface area contributed by atoms with Crippen molar-refractivity contribution >= 4 is 5.69 Å². The molecular weight excluding hydrogens is 364 g/mol. The Balaban J connectivity index is 1.59. The van der Waals surface area contributed by atoms with Gasteiger partial charge in [-0.1, -0.05) is 43.9 Å². The van der Waals surface area contributed by atoms with Gasteiger partial charge in [-0.2, -0.15) is 0 Å². The molecule has 2 heteroatoms. The molecule has 1 aromatic rings. The van der Waals surface area contributed by atoms with Crippen LogP contribution in [-0.4, -0.2) is 23.2 Å². The van der Waals surface area contributed by atoms with Crippen LogP contribution in [0.1, 0.15) is 86.0 Å². The molecule has 3 aliphatic carbocycles. The summed E-state index contributed by atoms with van der Waals surface area (Å²) in [5.74, 6) is 4.33. The van der Waals surface area contributed by atoms with Gasteiger partial charge in [-0.25, -0.2) is 0 Å². The maximum Gasteiger partial charge on any atom is 0.0371 e. The van der Waals surface area contributed by atoms with E-state index in [0.29, 0.717) is 0 Å². The zero-order chi connectivity index (χ0) is 21.1. The van der Waals surface area contributed by atoms with Gasteiger partial charge in [0, 0.05) is 28.8 Å². The van der Waals surface area contributed by atoms with Gasteiger partial charge < -0.3 is 10.2 Å². The molecule has 4 fully saturated rings. The van der Waals surface area contributed by atoms with Crippen LogP contribution in [0.5, 0.6) is 0 Å². The molecule has 0 aromatic heterocycles. The van der Waals surface area contributed by atoms with E-state index in [1.807, 2.05) is 0 Å². The summed E-state index contributed by atoms with van der Waals surface area (Å²) in [6, 6.07) is 13.0. The second-order valence-corrected chi connectivity index (χ2v) is 12.6. The van der Waals surface area contributed by atoms with E-state index in [0.717, 1.165) is 41.7 Å². The fraction of sp³-hybridized carbons (Fsp3) is 0.786. The molecule has 1 heterocycles. The van der Waals surface area contributed by atoms with Gasteiger partial charge in [0.15, 0.2) is 0 Å². The summed E-state index contributed by atoms with van der Waals surface area (Å²) < 4.78 is 0. The molecule has 3 saturated carbocycles. The van der Waals surface area contributed by atoms with E-state index < -0.39 is 0 Å². The number of anilines is 1. The molecule has 1 saturated heterocycles. The highest BCUT2D eigenvalue weighted by Crippen LogP contribution is 2.63.